The van der Waals surface area contributed by atoms with Crippen molar-refractivity contribution in [1.29, 1.82) is 0 Å². The van der Waals surface area contributed by atoms with Crippen LogP contribution in [0.4, 0.5) is 0 Å². The Balaban J connectivity index is 2.54. The molecule has 0 bridgehead atoms. The molecular formula is C7H8N2O2S. The second-order valence-electron chi connectivity index (χ2n) is 2.08. The number of aromatic nitrogens is 2. The van der Waals surface area contributed by atoms with E-state index >= 15 is 0 Å². The van der Waals surface area contributed by atoms with Crippen LogP contribution in [0, 0.1) is 0 Å². The van der Waals surface area contributed by atoms with Crippen LogP contribution >= 0.6 is 11.8 Å². The molecule has 0 aliphatic carbocycles. The molecule has 0 fully saturated rings. The zero-order valence-electron chi connectivity index (χ0n) is 6.47. The third-order valence-electron chi connectivity index (χ3n) is 1.16. The van der Waals surface area contributed by atoms with Crippen molar-refractivity contribution in [3.63, 3.8) is 0 Å². The SMILES string of the molecule is Cn1ccnc1SC=CC(=O)O. The van der Waals surface area contributed by atoms with Crippen molar-refractivity contribution in [2.75, 3.05) is 0 Å². The van der Waals surface area contributed by atoms with Gasteiger partial charge in [-0.1, -0.05) is 11.8 Å². The number of thioether (sulfide) groups is 1. The number of carbonyl (C=O) groups is 1. The minimum absolute atomic E-state index is 0.771. The average Bonchev–Trinajstić information content (AvgIpc) is 2.36. The highest BCUT2D eigenvalue weighted by Gasteiger charge is 1.95. The molecule has 1 heterocycles. The fourth-order valence-corrected chi connectivity index (χ4v) is 1.27. The monoisotopic (exact) mass is 184 g/mol. The molecule has 1 rings (SSSR count). The van der Waals surface area contributed by atoms with Crippen molar-refractivity contribution < 1.29 is 9.90 Å². The Kier molecular flexibility index (Phi) is 2.93. The van der Waals surface area contributed by atoms with Gasteiger partial charge in [-0.05, 0) is 5.41 Å². The highest BCUT2D eigenvalue weighted by molar-refractivity contribution is 8.02. The van der Waals surface area contributed by atoms with Crippen LogP contribution in [-0.2, 0) is 11.8 Å². The molecule has 1 aromatic rings. The van der Waals surface area contributed by atoms with Crippen LogP contribution in [0.25, 0.3) is 0 Å². The molecule has 0 aliphatic rings. The van der Waals surface area contributed by atoms with Crippen LogP contribution in [0.15, 0.2) is 29.0 Å². The van der Waals surface area contributed by atoms with Gasteiger partial charge in [-0.2, -0.15) is 0 Å². The van der Waals surface area contributed by atoms with E-state index in [0.717, 1.165) is 11.2 Å². The highest BCUT2D eigenvalue weighted by atomic mass is 32.2. The van der Waals surface area contributed by atoms with Gasteiger partial charge >= 0.3 is 5.97 Å². The van der Waals surface area contributed by atoms with E-state index in [4.69, 9.17) is 5.11 Å². The summed E-state index contributed by atoms with van der Waals surface area (Å²) in [6, 6.07) is 0. The van der Waals surface area contributed by atoms with Gasteiger partial charge in [0.1, 0.15) is 0 Å². The molecule has 0 atom stereocenters. The zero-order valence-corrected chi connectivity index (χ0v) is 7.28. The molecule has 64 valence electrons. The normalized spacial score (nSPS) is 10.8. The van der Waals surface area contributed by atoms with Crippen LogP contribution in [0.3, 0.4) is 0 Å². The summed E-state index contributed by atoms with van der Waals surface area (Å²) < 4.78 is 1.82. The number of carboxylic acids is 1. The molecule has 1 aromatic heterocycles. The quantitative estimate of drug-likeness (QED) is 0.564. The number of aryl methyl sites for hydroxylation is 1. The van der Waals surface area contributed by atoms with Crippen molar-refractivity contribution in [3.05, 3.63) is 23.9 Å². The van der Waals surface area contributed by atoms with E-state index in [2.05, 4.69) is 4.98 Å². The Hall–Kier alpha value is -1.23. The molecule has 0 aliphatic heterocycles. The second-order valence-corrected chi connectivity index (χ2v) is 2.95. The molecule has 1 N–H and O–H groups in total. The number of hydrogen-bond donors (Lipinski definition) is 1. The van der Waals surface area contributed by atoms with Crippen molar-refractivity contribution >= 4 is 17.7 Å². The molecule has 0 saturated carbocycles. The molecule has 4 nitrogen and oxygen atoms in total. The number of aliphatic carboxylic acids is 1. The van der Waals surface area contributed by atoms with E-state index in [1.54, 1.807) is 12.4 Å². The first-order chi connectivity index (χ1) is 5.70. The molecule has 0 unspecified atom stereocenters. The molecule has 0 amide bonds. The van der Waals surface area contributed by atoms with Gasteiger partial charge in [-0.25, -0.2) is 9.78 Å². The maximum absolute atomic E-state index is 10.1. The van der Waals surface area contributed by atoms with Crippen molar-refractivity contribution in [2.24, 2.45) is 7.05 Å². The lowest BCUT2D eigenvalue weighted by Crippen LogP contribution is -1.88. The number of imidazole rings is 1. The van der Waals surface area contributed by atoms with Crippen LogP contribution in [0.2, 0.25) is 0 Å². The summed E-state index contributed by atoms with van der Waals surface area (Å²) in [7, 11) is 1.85. The molecule has 0 aromatic carbocycles. The zero-order chi connectivity index (χ0) is 8.97. The lowest BCUT2D eigenvalue weighted by molar-refractivity contribution is -0.131. The van der Waals surface area contributed by atoms with E-state index in [-0.39, 0.29) is 0 Å². The number of hydrogen-bond acceptors (Lipinski definition) is 3. The van der Waals surface area contributed by atoms with Crippen molar-refractivity contribution in [1.82, 2.24) is 9.55 Å². The topological polar surface area (TPSA) is 55.1 Å². The predicted octanol–water partition coefficient (Wildman–Crippen LogP) is 1.11. The smallest absolute Gasteiger partial charge is 0.328 e. The molecule has 5 heteroatoms. The lowest BCUT2D eigenvalue weighted by atomic mass is 10.7. The van der Waals surface area contributed by atoms with E-state index in [0.29, 0.717) is 0 Å². The Morgan fingerprint density at radius 2 is 2.58 bits per heavy atom. The fraction of sp³-hybridized carbons (Fsp3) is 0.143. The van der Waals surface area contributed by atoms with E-state index in [1.807, 2.05) is 11.6 Å². The molecule has 0 spiro atoms. The van der Waals surface area contributed by atoms with Gasteiger partial charge in [0, 0.05) is 25.5 Å². The Labute approximate surface area is 73.9 Å². The van der Waals surface area contributed by atoms with Gasteiger partial charge in [0.25, 0.3) is 0 Å². The third kappa shape index (κ3) is 2.43. The van der Waals surface area contributed by atoms with Gasteiger partial charge in [0.2, 0.25) is 0 Å². The first kappa shape index (κ1) is 8.86. The summed E-state index contributed by atoms with van der Waals surface area (Å²) in [4.78, 5) is 14.1. The third-order valence-corrected chi connectivity index (χ3v) is 2.04. The predicted molar refractivity (Wildman–Crippen MR) is 45.8 cm³/mol. The maximum Gasteiger partial charge on any atom is 0.328 e. The largest absolute Gasteiger partial charge is 0.478 e. The van der Waals surface area contributed by atoms with Crippen molar-refractivity contribution in [3.8, 4) is 0 Å². The molecule has 12 heavy (non-hydrogen) atoms. The first-order valence-electron chi connectivity index (χ1n) is 3.23. The Morgan fingerprint density at radius 3 is 3.08 bits per heavy atom. The fourth-order valence-electron chi connectivity index (χ4n) is 0.619. The van der Waals surface area contributed by atoms with Gasteiger partial charge in [-0.3, -0.25) is 0 Å². The molecule has 0 saturated heterocycles. The summed E-state index contributed by atoms with van der Waals surface area (Å²) in [6.07, 6.45) is 4.55. The van der Waals surface area contributed by atoms with Gasteiger partial charge in [0.15, 0.2) is 5.16 Å². The van der Waals surface area contributed by atoms with Crippen LogP contribution < -0.4 is 0 Å². The summed E-state index contributed by atoms with van der Waals surface area (Å²) >= 11 is 1.27. The van der Waals surface area contributed by atoms with Gasteiger partial charge < -0.3 is 9.67 Å². The minimum Gasteiger partial charge on any atom is -0.478 e. The minimum atomic E-state index is -0.947. The standard InChI is InChI=1S/C7H8N2O2S/c1-9-4-3-8-7(9)12-5-2-6(10)11/h2-5H,1H3,(H,10,11). The van der Waals surface area contributed by atoms with E-state index < -0.39 is 5.97 Å². The first-order valence-corrected chi connectivity index (χ1v) is 4.11. The average molecular weight is 184 g/mol. The number of carboxylic acid groups (broad SMARTS) is 1. The van der Waals surface area contributed by atoms with E-state index in [9.17, 15) is 4.79 Å². The Bertz CT molecular complexity index is 306. The summed E-state index contributed by atoms with van der Waals surface area (Å²) in [5.74, 6) is -0.947. The van der Waals surface area contributed by atoms with Gasteiger partial charge in [0.05, 0.1) is 0 Å². The number of nitrogens with zero attached hydrogens (tertiary/aromatic N) is 2. The summed E-state index contributed by atoms with van der Waals surface area (Å²) in [6.45, 7) is 0. The number of rotatable bonds is 3. The van der Waals surface area contributed by atoms with E-state index in [1.165, 1.54) is 17.2 Å². The van der Waals surface area contributed by atoms with Crippen LogP contribution in [0.5, 0.6) is 0 Å². The van der Waals surface area contributed by atoms with Crippen LogP contribution in [0.1, 0.15) is 0 Å². The summed E-state index contributed by atoms with van der Waals surface area (Å²) in [5, 5.41) is 10.5. The molecule has 0 radical (unpaired) electrons. The second kappa shape index (κ2) is 3.96. The van der Waals surface area contributed by atoms with Crippen molar-refractivity contribution in [2.45, 2.75) is 5.16 Å². The van der Waals surface area contributed by atoms with Gasteiger partial charge in [-0.15, -0.1) is 0 Å². The molecular weight excluding hydrogens is 176 g/mol. The highest BCUT2D eigenvalue weighted by Crippen LogP contribution is 2.14. The maximum atomic E-state index is 10.1. The van der Waals surface area contributed by atoms with Crippen LogP contribution in [-0.4, -0.2) is 20.6 Å². The Morgan fingerprint density at radius 1 is 1.83 bits per heavy atom. The lowest BCUT2D eigenvalue weighted by Gasteiger charge is -1.93. The summed E-state index contributed by atoms with van der Waals surface area (Å²) in [5.41, 5.74) is 0.